The topological polar surface area (TPSA) is 119 Å². The fraction of sp³-hybridized carbons (Fsp3) is 0.368. The van der Waals surface area contributed by atoms with E-state index in [1.54, 1.807) is 17.0 Å². The lowest BCUT2D eigenvalue weighted by atomic mass is 10.1. The summed E-state index contributed by atoms with van der Waals surface area (Å²) in [5.41, 5.74) is 1.88. The van der Waals surface area contributed by atoms with Gasteiger partial charge in [-0.15, -0.1) is 0 Å². The summed E-state index contributed by atoms with van der Waals surface area (Å²) in [5.74, 6) is -0.787. The highest BCUT2D eigenvalue weighted by Crippen LogP contribution is 2.18. The van der Waals surface area contributed by atoms with E-state index >= 15 is 0 Å². The fourth-order valence-corrected chi connectivity index (χ4v) is 3.11. The molecule has 148 valence electrons. The first kappa shape index (κ1) is 19.6. The van der Waals surface area contributed by atoms with Crippen LogP contribution < -0.4 is 10.2 Å². The molecule has 1 atom stereocenters. The smallest absolute Gasteiger partial charge is 0.270 e. The van der Waals surface area contributed by atoms with Crippen LogP contribution in [-0.2, 0) is 4.79 Å². The molecule has 1 aromatic heterocycles. The van der Waals surface area contributed by atoms with E-state index in [2.05, 4.69) is 20.2 Å². The minimum Gasteiger partial charge on any atom is -0.394 e. The first-order valence-electron chi connectivity index (χ1n) is 9.04. The predicted molar refractivity (Wildman–Crippen MR) is 102 cm³/mol. The fourth-order valence-electron chi connectivity index (χ4n) is 3.11. The zero-order valence-corrected chi connectivity index (χ0v) is 15.6. The maximum Gasteiger partial charge on any atom is 0.270 e. The zero-order valence-electron chi connectivity index (χ0n) is 15.6. The van der Waals surface area contributed by atoms with Gasteiger partial charge in [0.1, 0.15) is 11.7 Å². The van der Waals surface area contributed by atoms with Gasteiger partial charge in [0.25, 0.3) is 5.91 Å². The molecule has 2 amide bonds. The maximum atomic E-state index is 12.7. The van der Waals surface area contributed by atoms with Gasteiger partial charge in [0.15, 0.2) is 5.78 Å². The molecule has 9 nitrogen and oxygen atoms in total. The maximum absolute atomic E-state index is 12.7. The largest absolute Gasteiger partial charge is 0.394 e. The molecule has 1 fully saturated rings. The molecule has 1 aliphatic heterocycles. The third-order valence-electron chi connectivity index (χ3n) is 4.76. The number of ketones is 1. The van der Waals surface area contributed by atoms with E-state index in [4.69, 9.17) is 0 Å². The van der Waals surface area contributed by atoms with Gasteiger partial charge in [-0.1, -0.05) is 0 Å². The van der Waals surface area contributed by atoms with Crippen molar-refractivity contribution in [3.63, 3.8) is 0 Å². The van der Waals surface area contributed by atoms with Gasteiger partial charge in [0, 0.05) is 37.4 Å². The van der Waals surface area contributed by atoms with Crippen LogP contribution in [-0.4, -0.2) is 76.4 Å². The van der Waals surface area contributed by atoms with Crippen molar-refractivity contribution < 1.29 is 19.5 Å². The van der Waals surface area contributed by atoms with Gasteiger partial charge in [0.2, 0.25) is 5.91 Å². The van der Waals surface area contributed by atoms with Crippen LogP contribution in [0.1, 0.15) is 27.8 Å². The number of benzene rings is 1. The lowest BCUT2D eigenvalue weighted by Crippen LogP contribution is -2.56. The van der Waals surface area contributed by atoms with Gasteiger partial charge in [-0.3, -0.25) is 14.4 Å². The number of amides is 2. The summed E-state index contributed by atoms with van der Waals surface area (Å²) in [4.78, 5) is 46.3. The van der Waals surface area contributed by atoms with Crippen molar-refractivity contribution in [1.82, 2.24) is 20.2 Å². The van der Waals surface area contributed by atoms with Crippen molar-refractivity contribution >= 4 is 23.3 Å². The Morgan fingerprint density at radius 2 is 1.86 bits per heavy atom. The SMILES string of the molecule is CC(=O)c1ccc(N2CCN(C(=O)C(CO)NC(=O)c3cnc[nH]3)CC2)cc1. The van der Waals surface area contributed by atoms with E-state index in [0.717, 1.165) is 5.69 Å². The summed E-state index contributed by atoms with van der Waals surface area (Å²) in [7, 11) is 0. The Balaban J connectivity index is 1.56. The molecule has 3 rings (SSSR count). The van der Waals surface area contributed by atoms with Crippen molar-refractivity contribution in [3.05, 3.63) is 48.0 Å². The van der Waals surface area contributed by atoms with E-state index in [-0.39, 0.29) is 17.4 Å². The van der Waals surface area contributed by atoms with Gasteiger partial charge in [-0.25, -0.2) is 4.98 Å². The van der Waals surface area contributed by atoms with Crippen molar-refractivity contribution in [2.24, 2.45) is 0 Å². The second-order valence-corrected chi connectivity index (χ2v) is 6.59. The average Bonchev–Trinajstić information content (AvgIpc) is 3.26. The molecule has 0 radical (unpaired) electrons. The summed E-state index contributed by atoms with van der Waals surface area (Å²) in [6.45, 7) is 3.25. The van der Waals surface area contributed by atoms with Crippen LogP contribution in [0.4, 0.5) is 5.69 Å². The Hall–Kier alpha value is -3.20. The Morgan fingerprint density at radius 3 is 2.39 bits per heavy atom. The molecule has 9 heteroatoms. The molecule has 28 heavy (non-hydrogen) atoms. The molecule has 1 unspecified atom stereocenters. The minimum atomic E-state index is -1.00. The molecule has 1 aliphatic rings. The number of hydrogen-bond acceptors (Lipinski definition) is 6. The molecule has 1 saturated heterocycles. The van der Waals surface area contributed by atoms with E-state index in [1.165, 1.54) is 19.4 Å². The van der Waals surface area contributed by atoms with Gasteiger partial charge in [-0.05, 0) is 31.2 Å². The standard InChI is InChI=1S/C19H23N5O4/c1-13(26)14-2-4-15(5-3-14)23-6-8-24(9-7-23)19(28)17(11-25)22-18(27)16-10-20-12-21-16/h2-5,10,12,17,25H,6-9,11H2,1H3,(H,20,21)(H,22,27). The quantitative estimate of drug-likeness (QED) is 0.605. The average molecular weight is 385 g/mol. The van der Waals surface area contributed by atoms with Crippen LogP contribution in [0.25, 0.3) is 0 Å². The summed E-state index contributed by atoms with van der Waals surface area (Å²) in [6, 6.07) is 6.38. The predicted octanol–water partition coefficient (Wildman–Crippen LogP) is 0.0518. The summed E-state index contributed by atoms with van der Waals surface area (Å²) in [5, 5.41) is 12.1. The number of aromatic amines is 1. The number of carbonyl (C=O) groups is 3. The van der Waals surface area contributed by atoms with E-state index < -0.39 is 18.6 Å². The number of anilines is 1. The van der Waals surface area contributed by atoms with Crippen LogP contribution in [0.3, 0.4) is 0 Å². The highest BCUT2D eigenvalue weighted by Gasteiger charge is 2.28. The summed E-state index contributed by atoms with van der Waals surface area (Å²) < 4.78 is 0. The number of piperazine rings is 1. The highest BCUT2D eigenvalue weighted by atomic mass is 16.3. The van der Waals surface area contributed by atoms with Gasteiger partial charge >= 0.3 is 0 Å². The van der Waals surface area contributed by atoms with E-state index in [9.17, 15) is 19.5 Å². The first-order valence-corrected chi connectivity index (χ1v) is 9.04. The van der Waals surface area contributed by atoms with Gasteiger partial charge in [-0.2, -0.15) is 0 Å². The summed E-state index contributed by atoms with van der Waals surface area (Å²) >= 11 is 0. The van der Waals surface area contributed by atoms with Crippen LogP contribution in [0.5, 0.6) is 0 Å². The van der Waals surface area contributed by atoms with Gasteiger partial charge in [0.05, 0.1) is 19.1 Å². The number of aliphatic hydroxyl groups excluding tert-OH is 1. The Morgan fingerprint density at radius 1 is 1.18 bits per heavy atom. The molecule has 2 heterocycles. The molecule has 0 saturated carbocycles. The van der Waals surface area contributed by atoms with Crippen molar-refractivity contribution in [1.29, 1.82) is 0 Å². The van der Waals surface area contributed by atoms with Gasteiger partial charge < -0.3 is 25.2 Å². The number of imidazole rings is 1. The van der Waals surface area contributed by atoms with Crippen LogP contribution in [0.2, 0.25) is 0 Å². The molecular weight excluding hydrogens is 362 g/mol. The number of nitrogens with one attached hydrogen (secondary N) is 2. The Labute approximate surface area is 162 Å². The number of aliphatic hydroxyl groups is 1. The minimum absolute atomic E-state index is 0.0224. The summed E-state index contributed by atoms with van der Waals surface area (Å²) in [6.07, 6.45) is 2.72. The molecule has 1 aromatic carbocycles. The lowest BCUT2D eigenvalue weighted by Gasteiger charge is -2.37. The lowest BCUT2D eigenvalue weighted by molar-refractivity contribution is -0.134. The van der Waals surface area contributed by atoms with Crippen molar-refractivity contribution in [2.75, 3.05) is 37.7 Å². The number of rotatable bonds is 6. The molecule has 2 aromatic rings. The number of H-pyrrole nitrogens is 1. The van der Waals surface area contributed by atoms with Crippen molar-refractivity contribution in [2.45, 2.75) is 13.0 Å². The van der Waals surface area contributed by atoms with Crippen molar-refractivity contribution in [3.8, 4) is 0 Å². The monoisotopic (exact) mass is 385 g/mol. The highest BCUT2D eigenvalue weighted by molar-refractivity contribution is 5.96. The second-order valence-electron chi connectivity index (χ2n) is 6.59. The third-order valence-corrected chi connectivity index (χ3v) is 4.76. The third kappa shape index (κ3) is 4.37. The zero-order chi connectivity index (χ0) is 20.1. The molecule has 0 aliphatic carbocycles. The number of hydrogen-bond donors (Lipinski definition) is 3. The van der Waals surface area contributed by atoms with E-state index in [1.807, 2.05) is 12.1 Å². The van der Waals surface area contributed by atoms with Crippen LogP contribution >= 0.6 is 0 Å². The second kappa shape index (κ2) is 8.66. The molecular formula is C19H23N5O4. The normalized spacial score (nSPS) is 15.2. The van der Waals surface area contributed by atoms with Crippen LogP contribution in [0, 0.1) is 0 Å². The Bertz CT molecular complexity index is 827. The molecule has 0 bridgehead atoms. The molecule has 3 N–H and O–H groups in total. The number of carbonyl (C=O) groups excluding carboxylic acids is 3. The number of aromatic nitrogens is 2. The molecule has 0 spiro atoms. The Kier molecular flexibility index (Phi) is 6.05. The van der Waals surface area contributed by atoms with E-state index in [0.29, 0.717) is 31.7 Å². The first-order chi connectivity index (χ1) is 13.5. The number of Topliss-reactive ketones (excluding diaryl/α,β-unsaturated/α-hetero) is 1. The van der Waals surface area contributed by atoms with Crippen LogP contribution in [0.15, 0.2) is 36.8 Å². The number of nitrogens with zero attached hydrogens (tertiary/aromatic N) is 3.